The van der Waals surface area contributed by atoms with Crippen LogP contribution in [0.25, 0.3) is 0 Å². The molecule has 0 aromatic heterocycles. The van der Waals surface area contributed by atoms with Crippen LogP contribution in [0.4, 0.5) is 0 Å². The van der Waals surface area contributed by atoms with Gasteiger partial charge >= 0.3 is 0 Å². The number of hydrogen-bond donors (Lipinski definition) is 0. The van der Waals surface area contributed by atoms with Crippen LogP contribution in [0.2, 0.25) is 0 Å². The maximum atomic E-state index is 11.9. The van der Waals surface area contributed by atoms with E-state index in [0.29, 0.717) is 6.42 Å². The molecule has 1 amide bonds. The van der Waals surface area contributed by atoms with E-state index in [0.717, 1.165) is 25.9 Å². The number of aryl methyl sites for hydroxylation is 2. The summed E-state index contributed by atoms with van der Waals surface area (Å²) in [7, 11) is 0. The summed E-state index contributed by atoms with van der Waals surface area (Å²) >= 11 is 0. The molecule has 1 heterocycles. The first-order valence-electron chi connectivity index (χ1n) is 6.24. The van der Waals surface area contributed by atoms with Crippen LogP contribution in [-0.2, 0) is 11.2 Å². The zero-order chi connectivity index (χ0) is 12.1. The van der Waals surface area contributed by atoms with Gasteiger partial charge in [0.2, 0.25) is 5.91 Å². The molecule has 0 N–H and O–H groups in total. The third kappa shape index (κ3) is 3.45. The van der Waals surface area contributed by atoms with Crippen molar-refractivity contribution in [2.75, 3.05) is 13.1 Å². The van der Waals surface area contributed by atoms with Crippen molar-refractivity contribution in [3.63, 3.8) is 0 Å². The molecule has 0 aliphatic carbocycles. The fourth-order valence-electron chi connectivity index (χ4n) is 2.03. The third-order valence-corrected chi connectivity index (χ3v) is 3.16. The molecule has 0 radical (unpaired) electrons. The Hall–Kier alpha value is -1.57. The molecule has 0 saturated carbocycles. The molecule has 17 heavy (non-hydrogen) atoms. The maximum absolute atomic E-state index is 11.9. The normalized spacial score (nSPS) is 15.0. The number of carbonyl (C=O) groups is 1. The Morgan fingerprint density at radius 3 is 2.65 bits per heavy atom. The summed E-state index contributed by atoms with van der Waals surface area (Å²) in [5.74, 6) is 0.273. The maximum Gasteiger partial charge on any atom is 0.223 e. The van der Waals surface area contributed by atoms with Crippen LogP contribution in [0.5, 0.6) is 0 Å². The lowest BCUT2D eigenvalue weighted by molar-refractivity contribution is -0.130. The Balaban J connectivity index is 1.83. The second-order valence-electron chi connectivity index (χ2n) is 4.59. The lowest BCUT2D eigenvalue weighted by Gasteiger charge is -2.23. The number of hydrogen-bond acceptors (Lipinski definition) is 1. The molecule has 1 aromatic carbocycles. The smallest absolute Gasteiger partial charge is 0.223 e. The van der Waals surface area contributed by atoms with Gasteiger partial charge in [0, 0.05) is 19.5 Å². The number of rotatable bonds is 3. The predicted molar refractivity (Wildman–Crippen MR) is 69.8 cm³/mol. The Kier molecular flexibility index (Phi) is 3.97. The molecular formula is C15H19NO. The van der Waals surface area contributed by atoms with Crippen molar-refractivity contribution in [3.8, 4) is 0 Å². The van der Waals surface area contributed by atoms with E-state index in [9.17, 15) is 4.79 Å². The quantitative estimate of drug-likeness (QED) is 0.730. The highest BCUT2D eigenvalue weighted by atomic mass is 16.2. The summed E-state index contributed by atoms with van der Waals surface area (Å²) in [6.45, 7) is 3.74. The second kappa shape index (κ2) is 5.67. The van der Waals surface area contributed by atoms with Crippen molar-refractivity contribution >= 4 is 5.91 Å². The van der Waals surface area contributed by atoms with Crippen LogP contribution in [-0.4, -0.2) is 23.9 Å². The zero-order valence-electron chi connectivity index (χ0n) is 10.4. The molecule has 2 heteroatoms. The van der Waals surface area contributed by atoms with Gasteiger partial charge in [-0.1, -0.05) is 42.0 Å². The first-order chi connectivity index (χ1) is 8.25. The van der Waals surface area contributed by atoms with Gasteiger partial charge in [-0.2, -0.15) is 0 Å². The summed E-state index contributed by atoms with van der Waals surface area (Å²) in [5.41, 5.74) is 2.51. The van der Waals surface area contributed by atoms with Crippen LogP contribution in [0.15, 0.2) is 36.4 Å². The monoisotopic (exact) mass is 229 g/mol. The minimum absolute atomic E-state index is 0.273. The average Bonchev–Trinajstić information content (AvgIpc) is 2.39. The highest BCUT2D eigenvalue weighted by Crippen LogP contribution is 2.09. The Morgan fingerprint density at radius 1 is 1.24 bits per heavy atom. The van der Waals surface area contributed by atoms with E-state index in [1.165, 1.54) is 11.1 Å². The summed E-state index contributed by atoms with van der Waals surface area (Å²) in [6.07, 6.45) is 6.68. The molecule has 0 saturated heterocycles. The summed E-state index contributed by atoms with van der Waals surface area (Å²) < 4.78 is 0. The van der Waals surface area contributed by atoms with Crippen molar-refractivity contribution in [2.45, 2.75) is 26.2 Å². The van der Waals surface area contributed by atoms with Crippen molar-refractivity contribution < 1.29 is 4.79 Å². The first kappa shape index (κ1) is 11.9. The summed E-state index contributed by atoms with van der Waals surface area (Å²) in [4.78, 5) is 13.9. The fraction of sp³-hybridized carbons (Fsp3) is 0.400. The highest BCUT2D eigenvalue weighted by molar-refractivity contribution is 5.76. The molecule has 1 aliphatic heterocycles. The molecule has 0 bridgehead atoms. The van der Waals surface area contributed by atoms with Gasteiger partial charge in [-0.25, -0.2) is 0 Å². The van der Waals surface area contributed by atoms with Crippen LogP contribution in [0.3, 0.4) is 0 Å². The minimum Gasteiger partial charge on any atom is -0.339 e. The molecule has 1 aromatic rings. The van der Waals surface area contributed by atoms with E-state index in [2.05, 4.69) is 43.3 Å². The molecule has 0 fully saturated rings. The van der Waals surface area contributed by atoms with Crippen LogP contribution in [0.1, 0.15) is 24.0 Å². The summed E-state index contributed by atoms with van der Waals surface area (Å²) in [5, 5.41) is 0. The van der Waals surface area contributed by atoms with Gasteiger partial charge in [0.1, 0.15) is 0 Å². The Labute approximate surface area is 103 Å². The van der Waals surface area contributed by atoms with E-state index in [4.69, 9.17) is 0 Å². The average molecular weight is 229 g/mol. The molecule has 90 valence electrons. The molecule has 2 rings (SSSR count). The van der Waals surface area contributed by atoms with Crippen molar-refractivity contribution in [2.24, 2.45) is 0 Å². The zero-order valence-corrected chi connectivity index (χ0v) is 10.4. The molecule has 0 unspecified atom stereocenters. The van der Waals surface area contributed by atoms with Gasteiger partial charge in [0.15, 0.2) is 0 Å². The predicted octanol–water partition coefficient (Wildman–Crippen LogP) is 2.72. The lowest BCUT2D eigenvalue weighted by Crippen LogP contribution is -2.33. The molecule has 0 spiro atoms. The van der Waals surface area contributed by atoms with Crippen LogP contribution < -0.4 is 0 Å². The third-order valence-electron chi connectivity index (χ3n) is 3.16. The van der Waals surface area contributed by atoms with Gasteiger partial charge in [0.25, 0.3) is 0 Å². The van der Waals surface area contributed by atoms with Gasteiger partial charge in [-0.05, 0) is 25.3 Å². The molecule has 2 nitrogen and oxygen atoms in total. The van der Waals surface area contributed by atoms with Gasteiger partial charge < -0.3 is 4.90 Å². The van der Waals surface area contributed by atoms with E-state index >= 15 is 0 Å². The van der Waals surface area contributed by atoms with E-state index in [-0.39, 0.29) is 5.91 Å². The van der Waals surface area contributed by atoms with E-state index in [1.54, 1.807) is 0 Å². The Morgan fingerprint density at radius 2 is 2.00 bits per heavy atom. The largest absolute Gasteiger partial charge is 0.339 e. The fourth-order valence-corrected chi connectivity index (χ4v) is 2.03. The van der Waals surface area contributed by atoms with Crippen molar-refractivity contribution in [1.29, 1.82) is 0 Å². The number of carbonyl (C=O) groups excluding carboxylic acids is 1. The molecule has 0 atom stereocenters. The Bertz CT molecular complexity index is 405. The standard InChI is InChI=1S/C15H19NO/c1-13-5-7-14(8-6-13)9-10-15(17)16-11-3-2-4-12-16/h2-3,5-8H,4,9-12H2,1H3. The van der Waals surface area contributed by atoms with Crippen molar-refractivity contribution in [1.82, 2.24) is 4.90 Å². The van der Waals surface area contributed by atoms with Crippen LogP contribution in [0, 0.1) is 6.92 Å². The van der Waals surface area contributed by atoms with E-state index < -0.39 is 0 Å². The van der Waals surface area contributed by atoms with E-state index in [1.807, 2.05) is 4.90 Å². The highest BCUT2D eigenvalue weighted by Gasteiger charge is 2.13. The molecular weight excluding hydrogens is 210 g/mol. The first-order valence-corrected chi connectivity index (χ1v) is 6.24. The molecule has 1 aliphatic rings. The van der Waals surface area contributed by atoms with Gasteiger partial charge in [-0.15, -0.1) is 0 Å². The summed E-state index contributed by atoms with van der Waals surface area (Å²) in [6, 6.07) is 8.42. The van der Waals surface area contributed by atoms with Crippen molar-refractivity contribution in [3.05, 3.63) is 47.5 Å². The lowest BCUT2D eigenvalue weighted by atomic mass is 10.1. The SMILES string of the molecule is Cc1ccc(CCC(=O)N2CC=CCC2)cc1. The second-order valence-corrected chi connectivity index (χ2v) is 4.59. The minimum atomic E-state index is 0.273. The number of benzene rings is 1. The topological polar surface area (TPSA) is 20.3 Å². The van der Waals surface area contributed by atoms with Gasteiger partial charge in [0.05, 0.1) is 0 Å². The van der Waals surface area contributed by atoms with Gasteiger partial charge in [-0.3, -0.25) is 4.79 Å². The number of amides is 1. The number of nitrogens with zero attached hydrogens (tertiary/aromatic N) is 1. The van der Waals surface area contributed by atoms with Crippen LogP contribution >= 0.6 is 0 Å².